The second-order valence-electron chi connectivity index (χ2n) is 4.40. The highest BCUT2D eigenvalue weighted by molar-refractivity contribution is 9.12. The van der Waals surface area contributed by atoms with Crippen molar-refractivity contribution in [3.8, 4) is 11.8 Å². The summed E-state index contributed by atoms with van der Waals surface area (Å²) < 4.78 is 39.3. The number of alkyl halides is 3. The first-order chi connectivity index (χ1) is 11.5. The molecule has 0 unspecified atom stereocenters. The molecule has 2 aromatic rings. The number of nitrogens with zero attached hydrogens (tertiary/aromatic N) is 3. The van der Waals surface area contributed by atoms with Crippen molar-refractivity contribution < 1.29 is 13.2 Å². The molecule has 0 spiro atoms. The van der Waals surface area contributed by atoms with E-state index >= 15 is 0 Å². The fourth-order valence-electron chi connectivity index (χ4n) is 1.84. The van der Waals surface area contributed by atoms with Crippen molar-refractivity contribution in [1.29, 1.82) is 5.26 Å². The summed E-state index contributed by atoms with van der Waals surface area (Å²) in [6, 6.07) is 3.09. The van der Waals surface area contributed by atoms with Gasteiger partial charge in [0.25, 0.3) is 0 Å². The number of rotatable bonds is 2. The summed E-state index contributed by atoms with van der Waals surface area (Å²) in [6.07, 6.45) is -4.64. The Morgan fingerprint density at radius 2 is 1.68 bits per heavy atom. The summed E-state index contributed by atoms with van der Waals surface area (Å²) in [7, 11) is 0. The largest absolute Gasteiger partial charge is 0.416 e. The van der Waals surface area contributed by atoms with Crippen LogP contribution < -0.4 is 0 Å². The van der Waals surface area contributed by atoms with Crippen LogP contribution in [0.25, 0.3) is 10.7 Å². The molecule has 0 N–H and O–H groups in total. The van der Waals surface area contributed by atoms with Crippen molar-refractivity contribution in [2.45, 2.75) is 6.18 Å². The van der Waals surface area contributed by atoms with Gasteiger partial charge in [0.05, 0.1) is 26.2 Å². The van der Waals surface area contributed by atoms with Gasteiger partial charge in [0.2, 0.25) is 0 Å². The van der Waals surface area contributed by atoms with Crippen LogP contribution in [0.2, 0.25) is 15.2 Å². The third-order valence-electron chi connectivity index (χ3n) is 2.88. The van der Waals surface area contributed by atoms with Crippen molar-refractivity contribution in [1.82, 2.24) is 9.78 Å². The van der Waals surface area contributed by atoms with E-state index in [1.807, 2.05) is 0 Å². The topological polar surface area (TPSA) is 41.6 Å². The number of hydrogen-bond acceptors (Lipinski definition) is 2. The van der Waals surface area contributed by atoms with Crippen molar-refractivity contribution in [2.24, 2.45) is 0 Å². The Morgan fingerprint density at radius 3 is 2.08 bits per heavy atom. The first-order valence-electron chi connectivity index (χ1n) is 5.95. The van der Waals surface area contributed by atoms with Crippen LogP contribution in [0, 0.1) is 11.3 Å². The molecule has 0 aliphatic carbocycles. The van der Waals surface area contributed by atoms with E-state index in [4.69, 9.17) is 58.0 Å². The third-order valence-corrected chi connectivity index (χ3v) is 5.09. The van der Waals surface area contributed by atoms with Gasteiger partial charge in [-0.3, -0.25) is 0 Å². The fraction of sp³-hybridized carbons (Fsp3) is 0.0769. The Labute approximate surface area is 172 Å². The molecule has 0 fully saturated rings. The minimum Gasteiger partial charge on any atom is -0.217 e. The van der Waals surface area contributed by atoms with E-state index in [-0.39, 0.29) is 41.1 Å². The van der Waals surface area contributed by atoms with E-state index in [1.165, 1.54) is 0 Å². The van der Waals surface area contributed by atoms with Gasteiger partial charge in [-0.2, -0.15) is 23.5 Å². The smallest absolute Gasteiger partial charge is 0.217 e. The van der Waals surface area contributed by atoms with Crippen LogP contribution in [0.3, 0.4) is 0 Å². The minimum atomic E-state index is -4.64. The van der Waals surface area contributed by atoms with Gasteiger partial charge in [-0.15, -0.1) is 0 Å². The Hall–Kier alpha value is -0.620. The molecule has 0 saturated heterocycles. The lowest BCUT2D eigenvalue weighted by molar-refractivity contribution is -0.137. The zero-order valence-electron chi connectivity index (χ0n) is 11.4. The van der Waals surface area contributed by atoms with Crippen LogP contribution >= 0.6 is 73.9 Å². The molecule has 2 rings (SSSR count). The summed E-state index contributed by atoms with van der Waals surface area (Å²) in [5.74, 6) is 0. The van der Waals surface area contributed by atoms with Crippen molar-refractivity contribution in [2.75, 3.05) is 0 Å². The van der Waals surface area contributed by atoms with E-state index in [1.54, 1.807) is 6.07 Å². The predicted octanol–water partition coefficient (Wildman–Crippen LogP) is 7.22. The van der Waals surface area contributed by atoms with Gasteiger partial charge in [0, 0.05) is 0 Å². The maximum atomic E-state index is 12.8. The van der Waals surface area contributed by atoms with Crippen LogP contribution in [0.5, 0.6) is 0 Å². The van der Waals surface area contributed by atoms with E-state index in [2.05, 4.69) is 21.0 Å². The van der Waals surface area contributed by atoms with Gasteiger partial charge in [-0.1, -0.05) is 58.0 Å². The lowest BCUT2D eigenvalue weighted by Crippen LogP contribution is -2.07. The SMILES string of the molecule is N#Cc1nn(-c2c(Cl)cc(C(F)(F)F)cc2Cl)c(Cl)c1C(Cl)=C(Cl)Br. The molecule has 3 nitrogen and oxygen atoms in total. The van der Waals surface area contributed by atoms with Crippen LogP contribution in [0.1, 0.15) is 16.8 Å². The van der Waals surface area contributed by atoms with E-state index in [9.17, 15) is 18.4 Å². The van der Waals surface area contributed by atoms with Crippen LogP contribution in [-0.4, -0.2) is 9.78 Å². The quantitative estimate of drug-likeness (QED) is 0.425. The first kappa shape index (κ1) is 20.7. The number of benzene rings is 1. The molecular formula is C13H2BrCl5F3N3. The molecule has 1 aromatic carbocycles. The lowest BCUT2D eigenvalue weighted by atomic mass is 10.2. The highest BCUT2D eigenvalue weighted by atomic mass is 79.9. The molecule has 1 heterocycles. The van der Waals surface area contributed by atoms with Gasteiger partial charge < -0.3 is 0 Å². The number of aromatic nitrogens is 2. The molecule has 0 saturated carbocycles. The molecular weight excluding hydrogens is 512 g/mol. The van der Waals surface area contributed by atoms with Gasteiger partial charge in [-0.05, 0) is 28.1 Å². The average molecular weight is 514 g/mol. The van der Waals surface area contributed by atoms with Crippen molar-refractivity contribution in [3.63, 3.8) is 0 Å². The summed E-state index contributed by atoms with van der Waals surface area (Å²) in [6.45, 7) is 0. The number of hydrogen-bond donors (Lipinski definition) is 0. The monoisotopic (exact) mass is 511 g/mol. The number of halogens is 9. The second-order valence-corrected chi connectivity index (χ2v) is 7.58. The van der Waals surface area contributed by atoms with Crippen molar-refractivity contribution in [3.05, 3.63) is 48.1 Å². The Bertz CT molecular complexity index is 903. The maximum Gasteiger partial charge on any atom is 0.416 e. The average Bonchev–Trinajstić information content (AvgIpc) is 2.81. The van der Waals surface area contributed by atoms with E-state index in [0.29, 0.717) is 12.1 Å². The highest BCUT2D eigenvalue weighted by Gasteiger charge is 2.33. The molecule has 12 heteroatoms. The molecule has 132 valence electrons. The van der Waals surface area contributed by atoms with Gasteiger partial charge in [0.1, 0.15) is 20.9 Å². The lowest BCUT2D eigenvalue weighted by Gasteiger charge is -2.13. The summed E-state index contributed by atoms with van der Waals surface area (Å²) in [5.41, 5.74) is -1.43. The van der Waals surface area contributed by atoms with Crippen LogP contribution in [0.4, 0.5) is 13.2 Å². The fourth-order valence-corrected chi connectivity index (χ4v) is 3.32. The summed E-state index contributed by atoms with van der Waals surface area (Å²) in [4.78, 5) is 0. The Balaban J connectivity index is 2.78. The Kier molecular flexibility index (Phi) is 6.25. The molecule has 0 aliphatic rings. The predicted molar refractivity (Wildman–Crippen MR) is 95.9 cm³/mol. The summed E-state index contributed by atoms with van der Waals surface area (Å²) >= 11 is 32.7. The van der Waals surface area contributed by atoms with Crippen molar-refractivity contribution >= 4 is 79.0 Å². The molecule has 1 aromatic heterocycles. The van der Waals surface area contributed by atoms with E-state index < -0.39 is 11.7 Å². The molecule has 0 bridgehead atoms. The number of nitriles is 1. The first-order valence-corrected chi connectivity index (χ1v) is 8.63. The van der Waals surface area contributed by atoms with Gasteiger partial charge in [0.15, 0.2) is 5.69 Å². The maximum absolute atomic E-state index is 12.8. The molecule has 0 aliphatic heterocycles. The minimum absolute atomic E-state index is 0.0280. The molecule has 0 amide bonds. The van der Waals surface area contributed by atoms with Gasteiger partial charge in [-0.25, -0.2) is 4.68 Å². The molecule has 25 heavy (non-hydrogen) atoms. The standard InChI is InChI=1S/C13H2BrCl5F3N3/c14-11(18)9(17)8-7(3-23)24-25(12(8)19)10-5(15)1-4(2-6(10)16)13(20,21)22/h1-2H. The van der Waals surface area contributed by atoms with Crippen LogP contribution in [0.15, 0.2) is 16.1 Å². The molecule has 0 atom stereocenters. The Morgan fingerprint density at radius 1 is 1.16 bits per heavy atom. The van der Waals surface area contributed by atoms with E-state index in [0.717, 1.165) is 4.68 Å². The summed E-state index contributed by atoms with van der Waals surface area (Å²) in [5, 5.41) is 12.0. The van der Waals surface area contributed by atoms with Crippen LogP contribution in [-0.2, 0) is 6.18 Å². The normalized spacial score (nSPS) is 12.8. The highest BCUT2D eigenvalue weighted by Crippen LogP contribution is 2.41. The zero-order chi connectivity index (χ0) is 19.1. The van der Waals surface area contributed by atoms with Gasteiger partial charge >= 0.3 is 6.18 Å². The third kappa shape index (κ3) is 4.05. The second kappa shape index (κ2) is 7.55. The zero-order valence-corrected chi connectivity index (χ0v) is 16.8. The molecule has 0 radical (unpaired) electrons.